The first-order valence-corrected chi connectivity index (χ1v) is 7.47. The van der Waals surface area contributed by atoms with E-state index in [2.05, 4.69) is 19.8 Å². The Hall–Kier alpha value is -0.910. The van der Waals surface area contributed by atoms with Crippen LogP contribution in [0.3, 0.4) is 0 Å². The van der Waals surface area contributed by atoms with Gasteiger partial charge in [0.1, 0.15) is 0 Å². The molecule has 112 valence electrons. The van der Waals surface area contributed by atoms with Gasteiger partial charge in [0.15, 0.2) is 0 Å². The molecular formula is C14H23ClN4O. The molecule has 6 heteroatoms. The van der Waals surface area contributed by atoms with Gasteiger partial charge in [0.05, 0.1) is 24.0 Å². The van der Waals surface area contributed by atoms with Crippen molar-refractivity contribution in [1.29, 1.82) is 0 Å². The third-order valence-electron chi connectivity index (χ3n) is 3.69. The second kappa shape index (κ2) is 7.76. The highest BCUT2D eigenvalue weighted by atomic mass is 35.5. The van der Waals surface area contributed by atoms with Crippen LogP contribution in [-0.4, -0.2) is 61.8 Å². The standard InChI is InChI=1S/C14H23ClN4O/c1-18(14-16-8-13(15)9-17-14)10-12-4-3-5-19(11-12)6-7-20-2/h8-9,12H,3-7,10-11H2,1-2H3/t12-/m1/s1. The van der Waals surface area contributed by atoms with Crippen LogP contribution in [-0.2, 0) is 4.74 Å². The van der Waals surface area contributed by atoms with Crippen LogP contribution in [0.25, 0.3) is 0 Å². The van der Waals surface area contributed by atoms with E-state index in [0.717, 1.165) is 32.2 Å². The van der Waals surface area contributed by atoms with Crippen LogP contribution in [0.1, 0.15) is 12.8 Å². The average Bonchev–Trinajstić information content (AvgIpc) is 2.46. The highest BCUT2D eigenvalue weighted by Gasteiger charge is 2.21. The molecule has 1 aliphatic heterocycles. The van der Waals surface area contributed by atoms with E-state index in [1.54, 1.807) is 19.5 Å². The Morgan fingerprint density at radius 1 is 1.45 bits per heavy atom. The van der Waals surface area contributed by atoms with Crippen molar-refractivity contribution in [2.24, 2.45) is 5.92 Å². The first kappa shape index (κ1) is 15.5. The minimum Gasteiger partial charge on any atom is -0.383 e. The van der Waals surface area contributed by atoms with Crippen LogP contribution in [0.15, 0.2) is 12.4 Å². The lowest BCUT2D eigenvalue weighted by Gasteiger charge is -2.34. The SMILES string of the molecule is COCCN1CCC[C@H](CN(C)c2ncc(Cl)cn2)C1. The van der Waals surface area contributed by atoms with Crippen molar-refractivity contribution in [2.75, 3.05) is 51.8 Å². The smallest absolute Gasteiger partial charge is 0.225 e. The molecule has 0 aromatic carbocycles. The lowest BCUT2D eigenvalue weighted by molar-refractivity contribution is 0.116. The Morgan fingerprint density at radius 2 is 2.20 bits per heavy atom. The Labute approximate surface area is 125 Å². The summed E-state index contributed by atoms with van der Waals surface area (Å²) in [7, 11) is 3.80. The van der Waals surface area contributed by atoms with Crippen LogP contribution in [0.2, 0.25) is 5.02 Å². The van der Waals surface area contributed by atoms with Gasteiger partial charge in [-0.3, -0.25) is 0 Å². The van der Waals surface area contributed by atoms with E-state index >= 15 is 0 Å². The maximum absolute atomic E-state index is 5.81. The molecule has 1 fully saturated rings. The summed E-state index contributed by atoms with van der Waals surface area (Å²) in [6.07, 6.45) is 5.81. The summed E-state index contributed by atoms with van der Waals surface area (Å²) in [6.45, 7) is 5.12. The van der Waals surface area contributed by atoms with E-state index in [-0.39, 0.29) is 0 Å². The van der Waals surface area contributed by atoms with E-state index in [1.807, 2.05) is 7.05 Å². The van der Waals surface area contributed by atoms with Crippen LogP contribution in [0, 0.1) is 5.92 Å². The van der Waals surface area contributed by atoms with Gasteiger partial charge >= 0.3 is 0 Å². The topological polar surface area (TPSA) is 41.5 Å². The molecule has 1 aliphatic rings. The minimum atomic E-state index is 0.575. The fraction of sp³-hybridized carbons (Fsp3) is 0.714. The van der Waals surface area contributed by atoms with Crippen LogP contribution >= 0.6 is 11.6 Å². The number of likely N-dealkylation sites (tertiary alicyclic amines) is 1. The van der Waals surface area contributed by atoms with Gasteiger partial charge in [-0.15, -0.1) is 0 Å². The predicted octanol–water partition coefficient (Wildman–Crippen LogP) is 1.92. The summed E-state index contributed by atoms with van der Waals surface area (Å²) in [5.41, 5.74) is 0. The summed E-state index contributed by atoms with van der Waals surface area (Å²) in [5.74, 6) is 1.40. The number of anilines is 1. The van der Waals surface area contributed by atoms with Gasteiger partial charge in [-0.05, 0) is 25.3 Å². The number of piperidine rings is 1. The molecule has 2 heterocycles. The first-order chi connectivity index (χ1) is 9.69. The molecule has 0 N–H and O–H groups in total. The molecular weight excluding hydrogens is 276 g/mol. The lowest BCUT2D eigenvalue weighted by Crippen LogP contribution is -2.41. The second-order valence-electron chi connectivity index (χ2n) is 5.38. The highest BCUT2D eigenvalue weighted by Crippen LogP contribution is 2.19. The molecule has 0 bridgehead atoms. The molecule has 0 spiro atoms. The Balaban J connectivity index is 1.84. The molecule has 2 rings (SSSR count). The van der Waals surface area contributed by atoms with Gasteiger partial charge in [-0.25, -0.2) is 9.97 Å². The molecule has 1 atom stereocenters. The summed E-state index contributed by atoms with van der Waals surface area (Å²) in [5, 5.41) is 0.575. The molecule has 0 amide bonds. The summed E-state index contributed by atoms with van der Waals surface area (Å²) in [4.78, 5) is 13.1. The third kappa shape index (κ3) is 4.58. The zero-order valence-electron chi connectivity index (χ0n) is 12.3. The first-order valence-electron chi connectivity index (χ1n) is 7.09. The molecule has 0 radical (unpaired) electrons. The molecule has 0 aliphatic carbocycles. The normalized spacial score (nSPS) is 20.1. The maximum atomic E-state index is 5.81. The number of hydrogen-bond acceptors (Lipinski definition) is 5. The fourth-order valence-electron chi connectivity index (χ4n) is 2.70. The van der Waals surface area contributed by atoms with Crippen molar-refractivity contribution in [3.8, 4) is 0 Å². The van der Waals surface area contributed by atoms with Crippen molar-refractivity contribution in [3.63, 3.8) is 0 Å². The van der Waals surface area contributed by atoms with Crippen molar-refractivity contribution in [1.82, 2.24) is 14.9 Å². The Morgan fingerprint density at radius 3 is 2.90 bits per heavy atom. The fourth-order valence-corrected chi connectivity index (χ4v) is 2.79. The average molecular weight is 299 g/mol. The second-order valence-corrected chi connectivity index (χ2v) is 5.82. The highest BCUT2D eigenvalue weighted by molar-refractivity contribution is 6.30. The summed E-state index contributed by atoms with van der Waals surface area (Å²) >= 11 is 5.81. The molecule has 0 saturated carbocycles. The Bertz CT molecular complexity index is 401. The third-order valence-corrected chi connectivity index (χ3v) is 3.89. The summed E-state index contributed by atoms with van der Waals surface area (Å²) < 4.78 is 5.16. The van der Waals surface area contributed by atoms with Crippen LogP contribution in [0.4, 0.5) is 5.95 Å². The number of aromatic nitrogens is 2. The summed E-state index contributed by atoms with van der Waals surface area (Å²) in [6, 6.07) is 0. The van der Waals surface area contributed by atoms with E-state index in [9.17, 15) is 0 Å². The van der Waals surface area contributed by atoms with E-state index < -0.39 is 0 Å². The molecule has 1 aromatic heterocycles. The Kier molecular flexibility index (Phi) is 6.01. The monoisotopic (exact) mass is 298 g/mol. The van der Waals surface area contributed by atoms with E-state index in [4.69, 9.17) is 16.3 Å². The number of halogens is 1. The number of hydrogen-bond donors (Lipinski definition) is 0. The van der Waals surface area contributed by atoms with Crippen LogP contribution < -0.4 is 4.90 Å². The maximum Gasteiger partial charge on any atom is 0.225 e. The predicted molar refractivity (Wildman–Crippen MR) is 81.4 cm³/mol. The van der Waals surface area contributed by atoms with Crippen LogP contribution in [0.5, 0.6) is 0 Å². The van der Waals surface area contributed by atoms with Gasteiger partial charge in [0.25, 0.3) is 0 Å². The van der Waals surface area contributed by atoms with Crippen molar-refractivity contribution in [2.45, 2.75) is 12.8 Å². The van der Waals surface area contributed by atoms with E-state index in [0.29, 0.717) is 10.9 Å². The van der Waals surface area contributed by atoms with Crippen molar-refractivity contribution < 1.29 is 4.74 Å². The van der Waals surface area contributed by atoms with Crippen molar-refractivity contribution >= 4 is 17.5 Å². The molecule has 1 saturated heterocycles. The minimum absolute atomic E-state index is 0.575. The largest absolute Gasteiger partial charge is 0.383 e. The zero-order chi connectivity index (χ0) is 14.4. The van der Waals surface area contributed by atoms with Gasteiger partial charge in [0.2, 0.25) is 5.95 Å². The molecule has 1 aromatic rings. The van der Waals surface area contributed by atoms with Gasteiger partial charge in [-0.2, -0.15) is 0 Å². The quantitative estimate of drug-likeness (QED) is 0.803. The number of methoxy groups -OCH3 is 1. The van der Waals surface area contributed by atoms with Crippen molar-refractivity contribution in [3.05, 3.63) is 17.4 Å². The number of ether oxygens (including phenoxy) is 1. The lowest BCUT2D eigenvalue weighted by atomic mass is 9.97. The molecule has 20 heavy (non-hydrogen) atoms. The number of rotatable bonds is 6. The van der Waals surface area contributed by atoms with Gasteiger partial charge in [0, 0.05) is 33.8 Å². The van der Waals surface area contributed by atoms with E-state index in [1.165, 1.54) is 19.4 Å². The molecule has 5 nitrogen and oxygen atoms in total. The van der Waals surface area contributed by atoms with Gasteiger partial charge < -0.3 is 14.5 Å². The molecule has 0 unspecified atom stereocenters. The van der Waals surface area contributed by atoms with Gasteiger partial charge in [-0.1, -0.05) is 11.6 Å². The zero-order valence-corrected chi connectivity index (χ0v) is 13.0. The number of nitrogens with zero attached hydrogens (tertiary/aromatic N) is 4.